The van der Waals surface area contributed by atoms with Gasteiger partial charge in [-0.25, -0.2) is 0 Å². The summed E-state index contributed by atoms with van der Waals surface area (Å²) in [6.45, 7) is 7.00. The zero-order chi connectivity index (χ0) is 14.5. The van der Waals surface area contributed by atoms with E-state index in [1.807, 2.05) is 12.1 Å². The van der Waals surface area contributed by atoms with Crippen molar-refractivity contribution in [1.29, 1.82) is 0 Å². The van der Waals surface area contributed by atoms with Crippen molar-refractivity contribution in [2.45, 2.75) is 32.6 Å². The van der Waals surface area contributed by atoms with Crippen LogP contribution in [0.15, 0.2) is 18.2 Å². The van der Waals surface area contributed by atoms with Crippen LogP contribution in [0.4, 0.5) is 0 Å². The molecule has 0 radical (unpaired) electrons. The summed E-state index contributed by atoms with van der Waals surface area (Å²) in [4.78, 5) is 11.4. The third-order valence-corrected chi connectivity index (χ3v) is 3.85. The molecule has 4 nitrogen and oxygen atoms in total. The fraction of sp³-hybridized carbons (Fsp3) is 0.562. The molecular formula is C16H25ClN2O2. The molecule has 5 heteroatoms. The van der Waals surface area contributed by atoms with Crippen molar-refractivity contribution in [1.82, 2.24) is 5.32 Å². The van der Waals surface area contributed by atoms with Gasteiger partial charge >= 0.3 is 0 Å². The first-order valence-corrected chi connectivity index (χ1v) is 7.35. The van der Waals surface area contributed by atoms with E-state index in [9.17, 15) is 4.79 Å². The molecule has 1 amide bonds. The standard InChI is InChI=1S/C16H24N2O2.ClH/c1-11(2)15-9-13(3-4-14(15)16(17)19)20-10-12-5-7-18-8-6-12;/h3-4,9,11-12,18H,5-8,10H2,1-2H3,(H2,17,19);1H. The second-order valence-corrected chi connectivity index (χ2v) is 5.77. The molecule has 0 aliphatic carbocycles. The van der Waals surface area contributed by atoms with Gasteiger partial charge in [0, 0.05) is 5.56 Å². The summed E-state index contributed by atoms with van der Waals surface area (Å²) in [5, 5.41) is 3.35. The summed E-state index contributed by atoms with van der Waals surface area (Å²) in [6.07, 6.45) is 2.33. The monoisotopic (exact) mass is 312 g/mol. The molecule has 0 bridgehead atoms. The number of piperidine rings is 1. The Balaban J connectivity index is 0.00000220. The zero-order valence-electron chi connectivity index (χ0n) is 12.7. The highest BCUT2D eigenvalue weighted by Crippen LogP contribution is 2.25. The van der Waals surface area contributed by atoms with Gasteiger partial charge in [0.1, 0.15) is 5.75 Å². The minimum absolute atomic E-state index is 0. The lowest BCUT2D eigenvalue weighted by atomic mass is 9.96. The van der Waals surface area contributed by atoms with E-state index in [0.717, 1.165) is 43.9 Å². The Bertz CT molecular complexity index is 471. The number of nitrogens with two attached hydrogens (primary N) is 1. The summed E-state index contributed by atoms with van der Waals surface area (Å²) in [7, 11) is 0. The van der Waals surface area contributed by atoms with E-state index >= 15 is 0 Å². The predicted octanol–water partition coefficient (Wildman–Crippen LogP) is 2.71. The van der Waals surface area contributed by atoms with E-state index in [-0.39, 0.29) is 24.2 Å². The van der Waals surface area contributed by atoms with Gasteiger partial charge in [-0.1, -0.05) is 13.8 Å². The van der Waals surface area contributed by atoms with Gasteiger partial charge in [0.15, 0.2) is 0 Å². The van der Waals surface area contributed by atoms with Crippen molar-refractivity contribution in [3.05, 3.63) is 29.3 Å². The first-order valence-electron chi connectivity index (χ1n) is 7.35. The molecule has 1 heterocycles. The Hall–Kier alpha value is -1.26. The quantitative estimate of drug-likeness (QED) is 0.878. The second-order valence-electron chi connectivity index (χ2n) is 5.77. The van der Waals surface area contributed by atoms with Gasteiger partial charge in [-0.15, -0.1) is 12.4 Å². The van der Waals surface area contributed by atoms with Crippen LogP contribution in [0.5, 0.6) is 5.75 Å². The first kappa shape index (κ1) is 17.8. The van der Waals surface area contributed by atoms with Crippen LogP contribution < -0.4 is 15.8 Å². The van der Waals surface area contributed by atoms with Gasteiger partial charge in [0.25, 0.3) is 0 Å². The van der Waals surface area contributed by atoms with Gasteiger partial charge in [-0.3, -0.25) is 4.79 Å². The average molecular weight is 313 g/mol. The summed E-state index contributed by atoms with van der Waals surface area (Å²) in [6, 6.07) is 5.56. The molecule has 0 unspecified atom stereocenters. The van der Waals surface area contributed by atoms with Crippen molar-refractivity contribution in [3.8, 4) is 5.75 Å². The van der Waals surface area contributed by atoms with E-state index in [1.165, 1.54) is 0 Å². The van der Waals surface area contributed by atoms with E-state index in [4.69, 9.17) is 10.5 Å². The molecule has 1 fully saturated rings. The summed E-state index contributed by atoms with van der Waals surface area (Å²) in [5.74, 6) is 1.32. The van der Waals surface area contributed by atoms with Crippen molar-refractivity contribution in [2.75, 3.05) is 19.7 Å². The topological polar surface area (TPSA) is 64.3 Å². The normalized spacial score (nSPS) is 15.6. The van der Waals surface area contributed by atoms with Gasteiger partial charge in [-0.2, -0.15) is 0 Å². The maximum atomic E-state index is 11.4. The number of ether oxygens (including phenoxy) is 1. The molecule has 21 heavy (non-hydrogen) atoms. The molecule has 0 saturated carbocycles. The van der Waals surface area contributed by atoms with Crippen LogP contribution in [0.2, 0.25) is 0 Å². The molecule has 0 spiro atoms. The summed E-state index contributed by atoms with van der Waals surface area (Å²) < 4.78 is 5.89. The van der Waals surface area contributed by atoms with Gasteiger partial charge in [0.05, 0.1) is 6.61 Å². The summed E-state index contributed by atoms with van der Waals surface area (Å²) in [5.41, 5.74) is 6.96. The van der Waals surface area contributed by atoms with Crippen molar-refractivity contribution in [3.63, 3.8) is 0 Å². The number of nitrogens with one attached hydrogen (secondary N) is 1. The number of hydrogen-bond acceptors (Lipinski definition) is 3. The molecule has 0 atom stereocenters. The number of amides is 1. The SMILES string of the molecule is CC(C)c1cc(OCC2CCNCC2)ccc1C(N)=O.Cl. The van der Waals surface area contributed by atoms with Crippen LogP contribution >= 0.6 is 12.4 Å². The molecule has 1 aliphatic heterocycles. The largest absolute Gasteiger partial charge is 0.493 e. The van der Waals surface area contributed by atoms with E-state index in [2.05, 4.69) is 19.2 Å². The minimum atomic E-state index is -0.376. The third kappa shape index (κ3) is 4.90. The van der Waals surface area contributed by atoms with Crippen LogP contribution in [-0.4, -0.2) is 25.6 Å². The molecule has 1 saturated heterocycles. The van der Waals surface area contributed by atoms with Crippen LogP contribution in [0.25, 0.3) is 0 Å². The highest BCUT2D eigenvalue weighted by molar-refractivity contribution is 5.94. The van der Waals surface area contributed by atoms with Gasteiger partial charge in [-0.05, 0) is 61.5 Å². The lowest BCUT2D eigenvalue weighted by molar-refractivity contribution is 0.0999. The number of halogens is 1. The Morgan fingerprint density at radius 1 is 1.38 bits per heavy atom. The molecule has 1 aromatic rings. The van der Waals surface area contributed by atoms with Crippen molar-refractivity contribution < 1.29 is 9.53 Å². The second kappa shape index (κ2) is 8.25. The smallest absolute Gasteiger partial charge is 0.248 e. The minimum Gasteiger partial charge on any atom is -0.493 e. The molecule has 2 rings (SSSR count). The Morgan fingerprint density at radius 3 is 2.62 bits per heavy atom. The molecule has 3 N–H and O–H groups in total. The Morgan fingerprint density at radius 2 is 2.05 bits per heavy atom. The fourth-order valence-electron chi connectivity index (χ4n) is 2.60. The molecule has 1 aliphatic rings. The fourth-order valence-corrected chi connectivity index (χ4v) is 2.60. The lowest BCUT2D eigenvalue weighted by Gasteiger charge is -2.23. The zero-order valence-corrected chi connectivity index (χ0v) is 13.5. The van der Waals surface area contributed by atoms with E-state index in [0.29, 0.717) is 11.5 Å². The number of primary amides is 1. The first-order chi connectivity index (χ1) is 9.58. The maximum absolute atomic E-state index is 11.4. The molecular weight excluding hydrogens is 288 g/mol. The van der Waals surface area contributed by atoms with Crippen LogP contribution in [0, 0.1) is 5.92 Å². The third-order valence-electron chi connectivity index (χ3n) is 3.85. The Labute approximate surface area is 132 Å². The number of benzene rings is 1. The maximum Gasteiger partial charge on any atom is 0.248 e. The van der Waals surface area contributed by atoms with E-state index < -0.39 is 0 Å². The van der Waals surface area contributed by atoms with Crippen LogP contribution in [-0.2, 0) is 0 Å². The highest BCUT2D eigenvalue weighted by Gasteiger charge is 2.15. The molecule has 118 valence electrons. The number of carbonyl (C=O) groups is 1. The van der Waals surface area contributed by atoms with E-state index in [1.54, 1.807) is 6.07 Å². The van der Waals surface area contributed by atoms with Crippen LogP contribution in [0.1, 0.15) is 48.5 Å². The molecule has 1 aromatic carbocycles. The summed E-state index contributed by atoms with van der Waals surface area (Å²) >= 11 is 0. The number of carbonyl (C=O) groups excluding carboxylic acids is 1. The lowest BCUT2D eigenvalue weighted by Crippen LogP contribution is -2.30. The van der Waals surface area contributed by atoms with Gasteiger partial charge in [0.2, 0.25) is 5.91 Å². The predicted molar refractivity (Wildman–Crippen MR) is 87.4 cm³/mol. The average Bonchev–Trinajstić information content (AvgIpc) is 2.45. The number of rotatable bonds is 5. The van der Waals surface area contributed by atoms with Crippen molar-refractivity contribution in [2.24, 2.45) is 11.7 Å². The van der Waals surface area contributed by atoms with Crippen LogP contribution in [0.3, 0.4) is 0 Å². The number of hydrogen-bond donors (Lipinski definition) is 2. The highest BCUT2D eigenvalue weighted by atomic mass is 35.5. The van der Waals surface area contributed by atoms with Crippen molar-refractivity contribution >= 4 is 18.3 Å². The Kier molecular flexibility index (Phi) is 6.99. The van der Waals surface area contributed by atoms with Gasteiger partial charge < -0.3 is 15.8 Å². The molecule has 0 aromatic heterocycles.